The van der Waals surface area contributed by atoms with Gasteiger partial charge < -0.3 is 10.1 Å². The summed E-state index contributed by atoms with van der Waals surface area (Å²) in [5.74, 6) is -7.45. The van der Waals surface area contributed by atoms with E-state index in [4.69, 9.17) is 0 Å². The monoisotopic (exact) mass is 233 g/mol. The van der Waals surface area contributed by atoms with Crippen LogP contribution < -0.4 is 0 Å². The molecule has 7 nitrogen and oxygen atoms in total. The summed E-state index contributed by atoms with van der Waals surface area (Å²) < 4.78 is 59.9. The minimum absolute atomic E-state index is 0.588. The Hall–Kier alpha value is -1.88. The van der Waals surface area contributed by atoms with Crippen molar-refractivity contribution in [2.75, 3.05) is 0 Å². The molecule has 0 fully saturated rings. The molecule has 0 radical (unpaired) electrons. The lowest BCUT2D eigenvalue weighted by Gasteiger charge is -2.12. The van der Waals surface area contributed by atoms with Gasteiger partial charge in [-0.15, -0.1) is 0 Å². The number of halogens is 5. The van der Waals surface area contributed by atoms with Gasteiger partial charge in [-0.05, 0) is 5.10 Å². The highest BCUT2D eigenvalue weighted by molar-refractivity contribution is 4.95. The van der Waals surface area contributed by atoms with E-state index >= 15 is 0 Å². The molecule has 0 aliphatic carbocycles. The van der Waals surface area contributed by atoms with Crippen LogP contribution in [0.15, 0.2) is 0 Å². The number of aromatic nitrogens is 4. The van der Waals surface area contributed by atoms with Crippen molar-refractivity contribution >= 4 is 0 Å². The standard InChI is InChI=1S/C3F5N5O2/c4-2(5,3(6,7)8)1-9-11-12(10-1)13(14)15. The summed E-state index contributed by atoms with van der Waals surface area (Å²) in [6.07, 6.45) is -5.93. The van der Waals surface area contributed by atoms with E-state index in [-0.39, 0.29) is 0 Å². The molecule has 0 saturated carbocycles. The summed E-state index contributed by atoms with van der Waals surface area (Å²) >= 11 is 0. The summed E-state index contributed by atoms with van der Waals surface area (Å²) in [6.45, 7) is 0. The topological polar surface area (TPSA) is 86.7 Å². The molecule has 0 aliphatic heterocycles. The van der Waals surface area contributed by atoms with E-state index < -0.39 is 27.9 Å². The number of hydrogen-bond acceptors (Lipinski definition) is 5. The molecule has 0 aliphatic rings. The van der Waals surface area contributed by atoms with Crippen LogP contribution in [0.1, 0.15) is 5.82 Å². The highest BCUT2D eigenvalue weighted by Gasteiger charge is 2.64. The van der Waals surface area contributed by atoms with Gasteiger partial charge in [-0.2, -0.15) is 22.0 Å². The lowest BCUT2D eigenvalue weighted by atomic mass is 10.3. The molecule has 0 bridgehead atoms. The van der Waals surface area contributed by atoms with Gasteiger partial charge in [0.2, 0.25) is 0 Å². The first-order valence-electron chi connectivity index (χ1n) is 3.06. The number of alkyl halides is 5. The van der Waals surface area contributed by atoms with Crippen LogP contribution in [0.2, 0.25) is 0 Å². The fraction of sp³-hybridized carbons (Fsp3) is 0.667. The third-order valence-corrected chi connectivity index (χ3v) is 1.19. The maximum atomic E-state index is 12.4. The Bertz CT molecular complexity index is 384. The Kier molecular flexibility index (Phi) is 2.29. The number of hydrogen-bond donors (Lipinski definition) is 0. The summed E-state index contributed by atoms with van der Waals surface area (Å²) in [5.41, 5.74) is 0. The van der Waals surface area contributed by atoms with Gasteiger partial charge in [0, 0.05) is 10.1 Å². The van der Waals surface area contributed by atoms with Crippen LogP contribution in [-0.4, -0.2) is 31.5 Å². The van der Waals surface area contributed by atoms with Crippen molar-refractivity contribution < 1.29 is 27.0 Å². The molecular formula is C3F5N5O2. The predicted octanol–water partition coefficient (Wildman–Crippen LogP) is 0.367. The smallest absolute Gasteiger partial charge is 0.372 e. The molecule has 0 spiro atoms. The number of tetrazole rings is 1. The Labute approximate surface area is 76.6 Å². The molecule has 0 saturated heterocycles. The van der Waals surface area contributed by atoms with E-state index in [2.05, 4.69) is 15.4 Å². The molecule has 12 heteroatoms. The van der Waals surface area contributed by atoms with Crippen molar-refractivity contribution in [3.8, 4) is 0 Å². The predicted molar refractivity (Wildman–Crippen MR) is 30.2 cm³/mol. The zero-order valence-corrected chi connectivity index (χ0v) is 6.44. The van der Waals surface area contributed by atoms with E-state index in [1.54, 1.807) is 0 Å². The molecule has 1 rings (SSSR count). The molecule has 15 heavy (non-hydrogen) atoms. The Morgan fingerprint density at radius 1 is 1.27 bits per heavy atom. The van der Waals surface area contributed by atoms with Gasteiger partial charge in [-0.25, -0.2) is 0 Å². The largest absolute Gasteiger partial charge is 0.463 e. The maximum absolute atomic E-state index is 12.4. The minimum Gasteiger partial charge on any atom is -0.372 e. The van der Waals surface area contributed by atoms with Crippen LogP contribution in [0.4, 0.5) is 22.0 Å². The fourth-order valence-electron chi connectivity index (χ4n) is 0.529. The van der Waals surface area contributed by atoms with Crippen LogP contribution in [0, 0.1) is 10.1 Å². The molecule has 1 aromatic heterocycles. The Morgan fingerprint density at radius 3 is 2.13 bits per heavy atom. The quantitative estimate of drug-likeness (QED) is 0.418. The zero-order valence-electron chi connectivity index (χ0n) is 6.44. The van der Waals surface area contributed by atoms with E-state index in [0.29, 0.717) is 0 Å². The van der Waals surface area contributed by atoms with Crippen molar-refractivity contribution in [3.05, 3.63) is 15.9 Å². The minimum atomic E-state index is -5.93. The number of nitrogens with zero attached hydrogens (tertiary/aromatic N) is 5. The lowest BCUT2D eigenvalue weighted by Crippen LogP contribution is -2.35. The van der Waals surface area contributed by atoms with Gasteiger partial charge in [0.15, 0.2) is 4.91 Å². The fourth-order valence-corrected chi connectivity index (χ4v) is 0.529. The van der Waals surface area contributed by atoms with Gasteiger partial charge in [0.05, 0.1) is 0 Å². The second kappa shape index (κ2) is 3.06. The molecule has 0 aromatic carbocycles. The summed E-state index contributed by atoms with van der Waals surface area (Å²) in [7, 11) is 0. The van der Waals surface area contributed by atoms with E-state index in [0.717, 1.165) is 0 Å². The van der Waals surface area contributed by atoms with Gasteiger partial charge >= 0.3 is 17.9 Å². The van der Waals surface area contributed by atoms with Crippen molar-refractivity contribution in [2.45, 2.75) is 12.1 Å². The SMILES string of the molecule is O=[N+]([O-])n1nnc(C(F)(F)C(F)(F)F)n1. The maximum Gasteiger partial charge on any atom is 0.463 e. The van der Waals surface area contributed by atoms with Gasteiger partial charge in [0.1, 0.15) is 5.21 Å². The van der Waals surface area contributed by atoms with Gasteiger partial charge in [-0.1, -0.05) is 0 Å². The van der Waals surface area contributed by atoms with Crippen LogP contribution in [-0.2, 0) is 5.92 Å². The number of nitro groups is 1. The second-order valence-corrected chi connectivity index (χ2v) is 2.19. The lowest BCUT2D eigenvalue weighted by molar-refractivity contribution is -0.564. The molecule has 84 valence electrons. The summed E-state index contributed by atoms with van der Waals surface area (Å²) in [6, 6.07) is 0. The zero-order chi connectivity index (χ0) is 11.9. The van der Waals surface area contributed by atoms with Crippen molar-refractivity contribution in [1.29, 1.82) is 0 Å². The van der Waals surface area contributed by atoms with Crippen LogP contribution >= 0.6 is 0 Å². The molecule has 0 amide bonds. The number of rotatable bonds is 2. The van der Waals surface area contributed by atoms with Gasteiger partial charge in [0.25, 0.3) is 0 Å². The van der Waals surface area contributed by atoms with Gasteiger partial charge in [-0.3, -0.25) is 0 Å². The Balaban J connectivity index is 3.11. The highest BCUT2D eigenvalue weighted by Crippen LogP contribution is 2.41. The molecule has 0 unspecified atom stereocenters. The average Bonchev–Trinajstić information content (AvgIpc) is 2.49. The second-order valence-electron chi connectivity index (χ2n) is 2.19. The third kappa shape index (κ3) is 1.82. The van der Waals surface area contributed by atoms with Crippen LogP contribution in [0.5, 0.6) is 0 Å². The molecule has 0 atom stereocenters. The van der Waals surface area contributed by atoms with E-state index in [1.165, 1.54) is 0 Å². The van der Waals surface area contributed by atoms with Crippen molar-refractivity contribution in [3.63, 3.8) is 0 Å². The van der Waals surface area contributed by atoms with E-state index in [9.17, 15) is 32.1 Å². The molecule has 0 N–H and O–H groups in total. The first-order valence-corrected chi connectivity index (χ1v) is 3.06. The van der Waals surface area contributed by atoms with Crippen LogP contribution in [0.3, 0.4) is 0 Å². The molecular weight excluding hydrogens is 233 g/mol. The van der Waals surface area contributed by atoms with Crippen LogP contribution in [0.25, 0.3) is 0 Å². The first kappa shape index (κ1) is 11.2. The highest BCUT2D eigenvalue weighted by atomic mass is 19.4. The first-order chi connectivity index (χ1) is 6.66. The van der Waals surface area contributed by atoms with E-state index in [1.807, 2.05) is 0 Å². The molecule has 1 heterocycles. The van der Waals surface area contributed by atoms with Crippen molar-refractivity contribution in [1.82, 2.24) is 20.3 Å². The Morgan fingerprint density at radius 2 is 1.80 bits per heavy atom. The average molecular weight is 233 g/mol. The van der Waals surface area contributed by atoms with Crippen molar-refractivity contribution in [2.24, 2.45) is 0 Å². The summed E-state index contributed by atoms with van der Waals surface area (Å²) in [5, 5.41) is 15.4. The third-order valence-electron chi connectivity index (χ3n) is 1.19. The normalized spacial score (nSPS) is 12.9. The molecule has 1 aromatic rings. The summed E-state index contributed by atoms with van der Waals surface area (Å²) in [4.78, 5) is 9.28.